The molecule has 112 valence electrons. The average molecular weight is 286 g/mol. The molecule has 0 aliphatic heterocycles. The van der Waals surface area contributed by atoms with Crippen LogP contribution in [0.5, 0.6) is 0 Å². The van der Waals surface area contributed by atoms with Crippen LogP contribution in [-0.4, -0.2) is 15.7 Å². The maximum Gasteiger partial charge on any atom is 0.220 e. The van der Waals surface area contributed by atoms with Crippen LogP contribution >= 0.6 is 0 Å². The topological polar surface area (TPSA) is 72.9 Å². The van der Waals surface area contributed by atoms with Crippen molar-refractivity contribution in [3.8, 4) is 0 Å². The van der Waals surface area contributed by atoms with Gasteiger partial charge in [-0.3, -0.25) is 9.48 Å². The number of aryl methyl sites for hydroxylation is 3. The predicted octanol–water partition coefficient (Wildman–Crippen LogP) is 1.87. The monoisotopic (exact) mass is 286 g/mol. The first-order valence-electron chi connectivity index (χ1n) is 7.08. The van der Waals surface area contributed by atoms with Crippen LogP contribution in [-0.2, 0) is 24.8 Å². The van der Waals surface area contributed by atoms with Gasteiger partial charge in [-0.15, -0.1) is 0 Å². The lowest BCUT2D eigenvalue weighted by Crippen LogP contribution is -2.23. The predicted molar refractivity (Wildman–Crippen MR) is 83.7 cm³/mol. The molecule has 5 nitrogen and oxygen atoms in total. The van der Waals surface area contributed by atoms with Gasteiger partial charge in [0.15, 0.2) is 0 Å². The van der Waals surface area contributed by atoms with Crippen molar-refractivity contribution in [2.75, 3.05) is 5.73 Å². The molecule has 0 unspecified atom stereocenters. The Hall–Kier alpha value is -2.30. The zero-order valence-corrected chi connectivity index (χ0v) is 12.8. The molecule has 1 heterocycles. The summed E-state index contributed by atoms with van der Waals surface area (Å²) in [6.45, 7) is 4.49. The van der Waals surface area contributed by atoms with Crippen molar-refractivity contribution in [3.05, 3.63) is 46.8 Å². The van der Waals surface area contributed by atoms with Gasteiger partial charge in [0.1, 0.15) is 0 Å². The molecule has 1 amide bonds. The Labute approximate surface area is 125 Å². The number of nitrogens with zero attached hydrogens (tertiary/aromatic N) is 2. The van der Waals surface area contributed by atoms with E-state index in [0.717, 1.165) is 28.2 Å². The first kappa shape index (κ1) is 15.1. The maximum absolute atomic E-state index is 12.0. The summed E-state index contributed by atoms with van der Waals surface area (Å²) in [6.07, 6.45) is 1.09. The Morgan fingerprint density at radius 3 is 2.67 bits per heavy atom. The summed E-state index contributed by atoms with van der Waals surface area (Å²) < 4.78 is 1.83. The van der Waals surface area contributed by atoms with Gasteiger partial charge in [0.2, 0.25) is 5.91 Å². The molecule has 0 aliphatic rings. The molecular weight excluding hydrogens is 264 g/mol. The van der Waals surface area contributed by atoms with Crippen LogP contribution < -0.4 is 11.1 Å². The van der Waals surface area contributed by atoms with Crippen molar-refractivity contribution in [3.63, 3.8) is 0 Å². The Bertz CT molecular complexity index is 646. The minimum absolute atomic E-state index is 0.0286. The number of anilines is 1. The van der Waals surface area contributed by atoms with E-state index in [9.17, 15) is 4.79 Å². The number of hydrogen-bond acceptors (Lipinski definition) is 3. The number of aromatic nitrogens is 2. The third-order valence-electron chi connectivity index (χ3n) is 3.80. The first-order valence-corrected chi connectivity index (χ1v) is 7.08. The van der Waals surface area contributed by atoms with Crippen molar-refractivity contribution in [1.29, 1.82) is 0 Å². The summed E-state index contributed by atoms with van der Waals surface area (Å²) in [5, 5.41) is 7.29. The Balaban J connectivity index is 1.87. The molecule has 2 rings (SSSR count). The van der Waals surface area contributed by atoms with Crippen LogP contribution in [0.25, 0.3) is 0 Å². The number of rotatable bonds is 5. The van der Waals surface area contributed by atoms with Crippen LogP contribution in [0.4, 0.5) is 5.69 Å². The molecule has 0 saturated heterocycles. The second kappa shape index (κ2) is 6.43. The minimum atomic E-state index is 0.0286. The molecule has 21 heavy (non-hydrogen) atoms. The number of nitrogens with one attached hydrogen (secondary N) is 1. The Kier molecular flexibility index (Phi) is 4.62. The molecule has 0 bridgehead atoms. The van der Waals surface area contributed by atoms with Crippen molar-refractivity contribution < 1.29 is 4.79 Å². The smallest absolute Gasteiger partial charge is 0.220 e. The number of para-hydroxylation sites is 1. The number of nitrogen functional groups attached to an aromatic ring is 1. The summed E-state index contributed by atoms with van der Waals surface area (Å²) in [7, 11) is 1.91. The molecule has 0 spiro atoms. The summed E-state index contributed by atoms with van der Waals surface area (Å²) in [4.78, 5) is 12.0. The number of carbonyl (C=O) groups excluding carboxylic acids is 1. The van der Waals surface area contributed by atoms with Gasteiger partial charge >= 0.3 is 0 Å². The highest BCUT2D eigenvalue weighted by Crippen LogP contribution is 2.13. The normalized spacial score (nSPS) is 10.6. The summed E-state index contributed by atoms with van der Waals surface area (Å²) in [5.41, 5.74) is 10.8. The largest absolute Gasteiger partial charge is 0.399 e. The highest BCUT2D eigenvalue weighted by Gasteiger charge is 2.10. The van der Waals surface area contributed by atoms with E-state index in [-0.39, 0.29) is 5.91 Å². The molecule has 5 heteroatoms. The van der Waals surface area contributed by atoms with Crippen molar-refractivity contribution in [1.82, 2.24) is 15.1 Å². The molecule has 1 aromatic heterocycles. The zero-order valence-electron chi connectivity index (χ0n) is 12.8. The minimum Gasteiger partial charge on any atom is -0.399 e. The van der Waals surface area contributed by atoms with Crippen molar-refractivity contribution in [2.24, 2.45) is 7.05 Å². The highest BCUT2D eigenvalue weighted by molar-refractivity contribution is 5.76. The van der Waals surface area contributed by atoms with E-state index in [1.54, 1.807) is 0 Å². The lowest BCUT2D eigenvalue weighted by molar-refractivity contribution is -0.121. The summed E-state index contributed by atoms with van der Waals surface area (Å²) >= 11 is 0. The fourth-order valence-electron chi connectivity index (χ4n) is 2.36. The lowest BCUT2D eigenvalue weighted by Gasteiger charge is -2.07. The third-order valence-corrected chi connectivity index (χ3v) is 3.80. The molecule has 0 fully saturated rings. The van der Waals surface area contributed by atoms with Gasteiger partial charge in [0.05, 0.1) is 5.69 Å². The van der Waals surface area contributed by atoms with Crippen LogP contribution in [0, 0.1) is 13.8 Å². The van der Waals surface area contributed by atoms with E-state index in [1.807, 2.05) is 49.8 Å². The van der Waals surface area contributed by atoms with E-state index in [0.29, 0.717) is 19.4 Å². The fraction of sp³-hybridized carbons (Fsp3) is 0.375. The summed E-state index contributed by atoms with van der Waals surface area (Å²) in [6, 6.07) is 7.65. The molecule has 0 atom stereocenters. The quantitative estimate of drug-likeness (QED) is 0.824. The van der Waals surface area contributed by atoms with Gasteiger partial charge < -0.3 is 11.1 Å². The summed E-state index contributed by atoms with van der Waals surface area (Å²) in [5.74, 6) is 0.0286. The van der Waals surface area contributed by atoms with E-state index in [4.69, 9.17) is 5.73 Å². The number of carbonyl (C=O) groups is 1. The number of amides is 1. The van der Waals surface area contributed by atoms with Crippen LogP contribution in [0.15, 0.2) is 24.3 Å². The van der Waals surface area contributed by atoms with E-state index >= 15 is 0 Å². The van der Waals surface area contributed by atoms with Crippen LogP contribution in [0.3, 0.4) is 0 Å². The molecular formula is C16H22N4O. The Morgan fingerprint density at radius 2 is 2.05 bits per heavy atom. The van der Waals surface area contributed by atoms with Crippen LogP contribution in [0.2, 0.25) is 0 Å². The standard InChI is InChI=1S/C16H22N4O/c1-11-14(12(2)20(3)19-11)10-18-16(21)9-8-13-6-4-5-7-15(13)17/h4-7H,8-10,17H2,1-3H3,(H,18,21). The number of benzene rings is 1. The van der Waals surface area contributed by atoms with Gasteiger partial charge in [-0.25, -0.2) is 0 Å². The molecule has 3 N–H and O–H groups in total. The van der Waals surface area contributed by atoms with E-state index < -0.39 is 0 Å². The number of nitrogens with two attached hydrogens (primary N) is 1. The average Bonchev–Trinajstić information content (AvgIpc) is 2.69. The fourth-order valence-corrected chi connectivity index (χ4v) is 2.36. The molecule has 2 aromatic rings. The van der Waals surface area contributed by atoms with E-state index in [2.05, 4.69) is 10.4 Å². The molecule has 0 aliphatic carbocycles. The molecule has 0 saturated carbocycles. The first-order chi connectivity index (χ1) is 9.99. The SMILES string of the molecule is Cc1nn(C)c(C)c1CNC(=O)CCc1ccccc1N. The van der Waals surface area contributed by atoms with Gasteiger partial charge in [-0.05, 0) is 31.9 Å². The zero-order chi connectivity index (χ0) is 15.4. The van der Waals surface area contributed by atoms with Gasteiger partial charge in [0.25, 0.3) is 0 Å². The van der Waals surface area contributed by atoms with Gasteiger partial charge in [0, 0.05) is 37.0 Å². The maximum atomic E-state index is 12.0. The van der Waals surface area contributed by atoms with E-state index in [1.165, 1.54) is 0 Å². The lowest BCUT2D eigenvalue weighted by atomic mass is 10.1. The molecule has 0 radical (unpaired) electrons. The second-order valence-corrected chi connectivity index (χ2v) is 5.25. The van der Waals surface area contributed by atoms with Crippen molar-refractivity contribution in [2.45, 2.75) is 33.2 Å². The van der Waals surface area contributed by atoms with Crippen molar-refractivity contribution >= 4 is 11.6 Å². The third kappa shape index (κ3) is 3.62. The van der Waals surface area contributed by atoms with Gasteiger partial charge in [-0.2, -0.15) is 5.10 Å². The highest BCUT2D eigenvalue weighted by atomic mass is 16.1. The van der Waals surface area contributed by atoms with Crippen LogP contribution in [0.1, 0.15) is 28.9 Å². The van der Waals surface area contributed by atoms with Gasteiger partial charge in [-0.1, -0.05) is 18.2 Å². The second-order valence-electron chi connectivity index (χ2n) is 5.25. The number of hydrogen-bond donors (Lipinski definition) is 2. The Morgan fingerprint density at radius 1 is 1.33 bits per heavy atom. The molecule has 1 aromatic carbocycles.